The van der Waals surface area contributed by atoms with Crippen LogP contribution in [0.5, 0.6) is 0 Å². The lowest BCUT2D eigenvalue weighted by Crippen LogP contribution is -2.42. The summed E-state index contributed by atoms with van der Waals surface area (Å²) < 4.78 is 26.3. The number of aryl methyl sites for hydroxylation is 2. The Kier molecular flexibility index (Phi) is 3.75. The van der Waals surface area contributed by atoms with Crippen LogP contribution in [-0.2, 0) is 10.0 Å². The minimum Gasteiger partial charge on any atom is -0.392 e. The van der Waals surface area contributed by atoms with E-state index in [1.54, 1.807) is 19.1 Å². The van der Waals surface area contributed by atoms with E-state index in [9.17, 15) is 13.5 Å². The number of hydrogen-bond donors (Lipinski definition) is 1. The van der Waals surface area contributed by atoms with Crippen LogP contribution in [0.4, 0.5) is 0 Å². The second kappa shape index (κ2) is 4.99. The summed E-state index contributed by atoms with van der Waals surface area (Å²) in [6.07, 6.45) is 0.851. The van der Waals surface area contributed by atoms with Crippen molar-refractivity contribution in [1.29, 1.82) is 0 Å². The van der Waals surface area contributed by atoms with Gasteiger partial charge in [-0.15, -0.1) is 0 Å². The zero-order valence-corrected chi connectivity index (χ0v) is 11.6. The summed E-state index contributed by atoms with van der Waals surface area (Å²) in [7, 11) is -3.47. The molecule has 0 saturated carbocycles. The van der Waals surface area contributed by atoms with Crippen molar-refractivity contribution in [2.75, 3.05) is 13.1 Å². The van der Waals surface area contributed by atoms with E-state index in [2.05, 4.69) is 0 Å². The molecule has 0 aliphatic carbocycles. The average Bonchev–Trinajstić information content (AvgIpc) is 2.28. The largest absolute Gasteiger partial charge is 0.392 e. The van der Waals surface area contributed by atoms with Crippen molar-refractivity contribution in [1.82, 2.24) is 4.31 Å². The lowest BCUT2D eigenvalue weighted by Gasteiger charge is -2.29. The van der Waals surface area contributed by atoms with Crippen molar-refractivity contribution in [2.45, 2.75) is 37.7 Å². The van der Waals surface area contributed by atoms with E-state index < -0.39 is 16.1 Å². The number of benzene rings is 1. The van der Waals surface area contributed by atoms with Crippen LogP contribution in [0.1, 0.15) is 24.0 Å². The van der Waals surface area contributed by atoms with Crippen molar-refractivity contribution in [3.05, 3.63) is 29.3 Å². The lowest BCUT2D eigenvalue weighted by molar-refractivity contribution is 0.108. The number of aliphatic hydroxyl groups is 1. The predicted molar refractivity (Wildman–Crippen MR) is 69.9 cm³/mol. The van der Waals surface area contributed by atoms with Crippen LogP contribution in [0.2, 0.25) is 0 Å². The van der Waals surface area contributed by atoms with Crippen molar-refractivity contribution in [3.63, 3.8) is 0 Å². The first-order valence-corrected chi connectivity index (χ1v) is 7.61. The summed E-state index contributed by atoms with van der Waals surface area (Å²) >= 11 is 0. The Labute approximate surface area is 108 Å². The Morgan fingerprint density at radius 2 is 2.06 bits per heavy atom. The highest BCUT2D eigenvalue weighted by atomic mass is 32.2. The minimum absolute atomic E-state index is 0.204. The topological polar surface area (TPSA) is 57.6 Å². The summed E-state index contributed by atoms with van der Waals surface area (Å²) in [4.78, 5) is 0.349. The van der Waals surface area contributed by atoms with Crippen LogP contribution in [0.15, 0.2) is 23.1 Å². The molecule has 1 heterocycles. The molecule has 1 aliphatic rings. The summed E-state index contributed by atoms with van der Waals surface area (Å²) in [6.45, 7) is 4.44. The molecule has 4 nitrogen and oxygen atoms in total. The molecule has 0 aromatic heterocycles. The molecular weight excluding hydrogens is 250 g/mol. The molecule has 0 spiro atoms. The fraction of sp³-hybridized carbons (Fsp3) is 0.538. The van der Waals surface area contributed by atoms with Crippen molar-refractivity contribution in [3.8, 4) is 0 Å². The zero-order chi connectivity index (χ0) is 13.3. The molecule has 0 radical (unpaired) electrons. The molecule has 5 heteroatoms. The first-order valence-electron chi connectivity index (χ1n) is 6.17. The van der Waals surface area contributed by atoms with Gasteiger partial charge in [-0.05, 0) is 38.3 Å². The normalized spacial score (nSPS) is 22.1. The van der Waals surface area contributed by atoms with Crippen molar-refractivity contribution >= 4 is 10.0 Å². The first kappa shape index (κ1) is 13.5. The van der Waals surface area contributed by atoms with Gasteiger partial charge >= 0.3 is 0 Å². The van der Waals surface area contributed by atoms with Gasteiger partial charge < -0.3 is 5.11 Å². The highest BCUT2D eigenvalue weighted by molar-refractivity contribution is 7.89. The van der Waals surface area contributed by atoms with Gasteiger partial charge in [-0.25, -0.2) is 8.42 Å². The number of nitrogens with zero attached hydrogens (tertiary/aromatic N) is 1. The highest BCUT2D eigenvalue weighted by Gasteiger charge is 2.30. The van der Waals surface area contributed by atoms with E-state index >= 15 is 0 Å². The first-order chi connectivity index (χ1) is 8.41. The van der Waals surface area contributed by atoms with Gasteiger partial charge in [0.2, 0.25) is 10.0 Å². The summed E-state index contributed by atoms with van der Waals surface area (Å²) in [5, 5.41) is 9.60. The molecule has 0 bridgehead atoms. The zero-order valence-electron chi connectivity index (χ0n) is 10.8. The van der Waals surface area contributed by atoms with Crippen LogP contribution >= 0.6 is 0 Å². The number of rotatable bonds is 2. The quantitative estimate of drug-likeness (QED) is 0.884. The molecule has 1 aromatic rings. The third kappa shape index (κ3) is 2.58. The minimum atomic E-state index is -3.47. The number of hydrogen-bond acceptors (Lipinski definition) is 3. The molecule has 1 aliphatic heterocycles. The lowest BCUT2D eigenvalue weighted by atomic mass is 10.1. The fourth-order valence-electron chi connectivity index (χ4n) is 2.37. The smallest absolute Gasteiger partial charge is 0.243 e. The van der Waals surface area contributed by atoms with Crippen LogP contribution in [0.3, 0.4) is 0 Å². The number of β-amino-alcohol motifs (C(OH)–C–C–N with tert-alkyl or cyclic N) is 1. The Bertz CT molecular complexity index is 539. The van der Waals surface area contributed by atoms with Gasteiger partial charge in [-0.2, -0.15) is 4.31 Å². The van der Waals surface area contributed by atoms with Crippen molar-refractivity contribution < 1.29 is 13.5 Å². The van der Waals surface area contributed by atoms with E-state index in [1.165, 1.54) is 4.31 Å². The average molecular weight is 269 g/mol. The summed E-state index contributed by atoms with van der Waals surface area (Å²) in [5.74, 6) is 0. The maximum Gasteiger partial charge on any atom is 0.243 e. The van der Waals surface area contributed by atoms with Gasteiger partial charge in [0.25, 0.3) is 0 Å². The van der Waals surface area contributed by atoms with E-state index in [-0.39, 0.29) is 6.54 Å². The maximum atomic E-state index is 12.5. The number of sulfonamides is 1. The van der Waals surface area contributed by atoms with Crippen LogP contribution in [0, 0.1) is 13.8 Å². The molecule has 2 rings (SSSR count). The molecule has 18 heavy (non-hydrogen) atoms. The number of piperidine rings is 1. The highest BCUT2D eigenvalue weighted by Crippen LogP contribution is 2.23. The van der Waals surface area contributed by atoms with Crippen LogP contribution in [0.25, 0.3) is 0 Å². The van der Waals surface area contributed by atoms with Gasteiger partial charge in [0.1, 0.15) is 0 Å². The van der Waals surface area contributed by atoms with Crippen molar-refractivity contribution in [2.24, 2.45) is 0 Å². The molecular formula is C13H19NO3S. The molecule has 0 amide bonds. The summed E-state index contributed by atoms with van der Waals surface area (Å²) in [6, 6.07) is 5.33. The van der Waals surface area contributed by atoms with Crippen LogP contribution in [-0.4, -0.2) is 37.0 Å². The standard InChI is InChI=1S/C13H19NO3S/c1-10-5-6-13(11(2)8-10)18(16,17)14-7-3-4-12(15)9-14/h5-6,8,12,15H,3-4,7,9H2,1-2H3. The number of aliphatic hydroxyl groups excluding tert-OH is 1. The molecule has 100 valence electrons. The Hall–Kier alpha value is -0.910. The monoisotopic (exact) mass is 269 g/mol. The van der Waals surface area contributed by atoms with Crippen LogP contribution < -0.4 is 0 Å². The SMILES string of the molecule is Cc1ccc(S(=O)(=O)N2CCCC(O)C2)c(C)c1. The van der Waals surface area contributed by atoms with Gasteiger partial charge in [-0.3, -0.25) is 0 Å². The van der Waals surface area contributed by atoms with Gasteiger partial charge in [-0.1, -0.05) is 17.7 Å². The Morgan fingerprint density at radius 3 is 2.67 bits per heavy atom. The molecule has 1 N–H and O–H groups in total. The molecule has 1 fully saturated rings. The van der Waals surface area contributed by atoms with Gasteiger partial charge in [0.15, 0.2) is 0 Å². The molecule has 1 unspecified atom stereocenters. The maximum absolute atomic E-state index is 12.5. The second-order valence-corrected chi connectivity index (χ2v) is 6.83. The second-order valence-electron chi connectivity index (χ2n) is 4.93. The fourth-order valence-corrected chi connectivity index (χ4v) is 4.09. The summed E-state index contributed by atoms with van der Waals surface area (Å²) in [5.41, 5.74) is 1.81. The van der Waals surface area contributed by atoms with E-state index in [1.807, 2.05) is 13.0 Å². The molecule has 1 atom stereocenters. The third-order valence-electron chi connectivity index (χ3n) is 3.31. The van der Waals surface area contributed by atoms with Gasteiger partial charge in [0.05, 0.1) is 11.0 Å². The molecule has 1 saturated heterocycles. The Morgan fingerprint density at radius 1 is 1.33 bits per heavy atom. The van der Waals surface area contributed by atoms with Gasteiger partial charge in [0, 0.05) is 13.1 Å². The Balaban J connectivity index is 2.35. The van der Waals surface area contributed by atoms with E-state index in [0.29, 0.717) is 24.3 Å². The van der Waals surface area contributed by atoms with E-state index in [0.717, 1.165) is 11.1 Å². The third-order valence-corrected chi connectivity index (χ3v) is 5.33. The predicted octanol–water partition coefficient (Wildman–Crippen LogP) is 1.45. The van der Waals surface area contributed by atoms with E-state index in [4.69, 9.17) is 0 Å². The molecule has 1 aromatic carbocycles.